The van der Waals surface area contributed by atoms with E-state index in [1.54, 1.807) is 27.9 Å². The molecule has 152 valence electrons. The Morgan fingerprint density at radius 2 is 1.89 bits per heavy atom. The zero-order chi connectivity index (χ0) is 21.2. The minimum Gasteiger partial charge on any atom is -0.348 e. The van der Waals surface area contributed by atoms with Gasteiger partial charge in [-0.25, -0.2) is 18.2 Å². The molecule has 2 aromatic rings. The highest BCUT2D eigenvalue weighted by atomic mass is 19.3. The van der Waals surface area contributed by atoms with E-state index in [-0.39, 0.29) is 17.6 Å². The van der Waals surface area contributed by atoms with E-state index in [0.717, 1.165) is 18.2 Å². The first kappa shape index (κ1) is 21.5. The third-order valence-electron chi connectivity index (χ3n) is 4.16. The zero-order valence-corrected chi connectivity index (χ0v) is 16.3. The minimum atomic E-state index is -3.31. The van der Waals surface area contributed by atoms with Crippen molar-refractivity contribution < 1.29 is 18.0 Å². The second-order valence-electron chi connectivity index (χ2n) is 7.17. The molecule has 0 aliphatic rings. The van der Waals surface area contributed by atoms with Crippen molar-refractivity contribution in [2.75, 3.05) is 19.0 Å². The van der Waals surface area contributed by atoms with Crippen LogP contribution in [0.2, 0.25) is 0 Å². The molecule has 28 heavy (non-hydrogen) atoms. The summed E-state index contributed by atoms with van der Waals surface area (Å²) in [6.07, 6.45) is 0. The molecule has 6 nitrogen and oxygen atoms in total. The van der Waals surface area contributed by atoms with Crippen LogP contribution >= 0.6 is 0 Å². The number of amides is 1. The van der Waals surface area contributed by atoms with Crippen LogP contribution in [0.5, 0.6) is 0 Å². The van der Waals surface area contributed by atoms with Gasteiger partial charge in [0.1, 0.15) is 11.5 Å². The van der Waals surface area contributed by atoms with E-state index in [2.05, 4.69) is 15.3 Å². The maximum atomic E-state index is 14.2. The van der Waals surface area contributed by atoms with Gasteiger partial charge >= 0.3 is 0 Å². The summed E-state index contributed by atoms with van der Waals surface area (Å²) < 4.78 is 41.0. The monoisotopic (exact) mass is 396 g/mol. The molecule has 0 fully saturated rings. The summed E-state index contributed by atoms with van der Waals surface area (Å²) in [5, 5.41) is 2.70. The number of anilines is 1. The Bertz CT molecular complexity index is 920. The molecule has 0 bridgehead atoms. The third-order valence-corrected chi connectivity index (χ3v) is 4.16. The molecule has 0 saturated carbocycles. The topological polar surface area (TPSA) is 78.1 Å². The van der Waals surface area contributed by atoms with Crippen molar-refractivity contribution in [3.05, 3.63) is 57.3 Å². The first-order valence-corrected chi connectivity index (χ1v) is 8.67. The number of hydrogen-bond donors (Lipinski definition) is 2. The number of rotatable bonds is 6. The van der Waals surface area contributed by atoms with Crippen LogP contribution in [0.3, 0.4) is 0 Å². The number of nitrogens with zero attached hydrogens (tertiary/aromatic N) is 2. The maximum Gasteiger partial charge on any atom is 0.273 e. The Balaban J connectivity index is 2.35. The predicted molar refractivity (Wildman–Crippen MR) is 100 cm³/mol. The maximum absolute atomic E-state index is 14.2. The SMILES string of the molecule is CC(C)[C@@H](NC(=O)c1cc(=O)[nH]c(N(C)C)n1)c1ccc(C(C)(F)F)c(F)c1. The molecule has 2 N–H and O–H groups in total. The van der Waals surface area contributed by atoms with Crippen LogP contribution in [0.4, 0.5) is 19.1 Å². The van der Waals surface area contributed by atoms with Crippen molar-refractivity contribution in [1.82, 2.24) is 15.3 Å². The third kappa shape index (κ3) is 4.90. The molecule has 1 aromatic heterocycles. The van der Waals surface area contributed by atoms with Crippen LogP contribution in [0.25, 0.3) is 0 Å². The van der Waals surface area contributed by atoms with E-state index in [4.69, 9.17) is 0 Å². The lowest BCUT2D eigenvalue weighted by Crippen LogP contribution is -2.34. The molecule has 0 radical (unpaired) electrons. The number of hydrogen-bond acceptors (Lipinski definition) is 4. The summed E-state index contributed by atoms with van der Waals surface area (Å²) in [5.41, 5.74) is -0.968. The number of aromatic amines is 1. The number of halogens is 3. The lowest BCUT2D eigenvalue weighted by molar-refractivity contribution is 0.0137. The summed E-state index contributed by atoms with van der Waals surface area (Å²) >= 11 is 0. The lowest BCUT2D eigenvalue weighted by atomic mass is 9.94. The summed E-state index contributed by atoms with van der Waals surface area (Å²) in [6.45, 7) is 4.21. The first-order chi connectivity index (χ1) is 12.9. The highest BCUT2D eigenvalue weighted by Crippen LogP contribution is 2.32. The van der Waals surface area contributed by atoms with E-state index < -0.39 is 34.8 Å². The van der Waals surface area contributed by atoms with E-state index in [1.165, 1.54) is 11.0 Å². The Morgan fingerprint density at radius 1 is 1.25 bits per heavy atom. The molecule has 0 unspecified atom stereocenters. The van der Waals surface area contributed by atoms with Gasteiger partial charge in [-0.05, 0) is 23.6 Å². The number of aromatic nitrogens is 2. The van der Waals surface area contributed by atoms with Crippen LogP contribution < -0.4 is 15.8 Å². The fraction of sp³-hybridized carbons (Fsp3) is 0.421. The fourth-order valence-electron chi connectivity index (χ4n) is 2.70. The number of alkyl halides is 2. The van der Waals surface area contributed by atoms with Crippen LogP contribution in [-0.4, -0.2) is 30.0 Å². The number of benzene rings is 1. The number of H-pyrrole nitrogens is 1. The number of nitrogens with one attached hydrogen (secondary N) is 2. The van der Waals surface area contributed by atoms with E-state index in [0.29, 0.717) is 12.5 Å². The summed E-state index contributed by atoms with van der Waals surface area (Å²) in [5.74, 6) is -4.95. The van der Waals surface area contributed by atoms with Gasteiger partial charge in [-0.1, -0.05) is 19.9 Å². The van der Waals surface area contributed by atoms with Crippen molar-refractivity contribution in [3.63, 3.8) is 0 Å². The van der Waals surface area contributed by atoms with Gasteiger partial charge in [0.2, 0.25) is 5.95 Å². The van der Waals surface area contributed by atoms with Crippen LogP contribution in [-0.2, 0) is 5.92 Å². The smallest absolute Gasteiger partial charge is 0.273 e. The van der Waals surface area contributed by atoms with Gasteiger partial charge in [-0.3, -0.25) is 14.6 Å². The molecule has 9 heteroatoms. The van der Waals surface area contributed by atoms with Gasteiger partial charge < -0.3 is 10.2 Å². The Kier molecular flexibility index (Phi) is 6.16. The Morgan fingerprint density at radius 3 is 2.39 bits per heavy atom. The van der Waals surface area contributed by atoms with Gasteiger partial charge in [-0.15, -0.1) is 0 Å². The molecule has 1 aromatic carbocycles. The van der Waals surface area contributed by atoms with Crippen LogP contribution in [0.1, 0.15) is 48.4 Å². The van der Waals surface area contributed by atoms with Gasteiger partial charge in [0, 0.05) is 27.1 Å². The molecular formula is C19H23F3N4O2. The molecule has 1 amide bonds. The molecule has 1 heterocycles. The Labute approximate surface area is 160 Å². The summed E-state index contributed by atoms with van der Waals surface area (Å²) in [6, 6.07) is 3.76. The average molecular weight is 396 g/mol. The van der Waals surface area contributed by atoms with Crippen molar-refractivity contribution >= 4 is 11.9 Å². The minimum absolute atomic E-state index is 0.102. The normalized spacial score (nSPS) is 12.8. The van der Waals surface area contributed by atoms with Crippen molar-refractivity contribution in [1.29, 1.82) is 0 Å². The van der Waals surface area contributed by atoms with Crippen molar-refractivity contribution in [2.45, 2.75) is 32.7 Å². The highest BCUT2D eigenvalue weighted by molar-refractivity contribution is 5.92. The molecule has 0 spiro atoms. The second kappa shape index (κ2) is 8.04. The summed E-state index contributed by atoms with van der Waals surface area (Å²) in [4.78, 5) is 32.5. The average Bonchev–Trinajstić information content (AvgIpc) is 2.57. The molecule has 2 rings (SSSR count). The quantitative estimate of drug-likeness (QED) is 0.786. The molecular weight excluding hydrogens is 373 g/mol. The van der Waals surface area contributed by atoms with Gasteiger partial charge in [0.05, 0.1) is 11.6 Å². The van der Waals surface area contributed by atoms with Crippen LogP contribution in [0, 0.1) is 11.7 Å². The molecule has 1 atom stereocenters. The standard InChI is InChI=1S/C19H23F3N4O2/c1-10(2)16(11-6-7-12(13(20)8-11)19(3,21)22)25-17(28)14-9-15(27)24-18(23-14)26(4)5/h6-10,16H,1-5H3,(H,25,28)(H,23,24,27)/t16-/m1/s1. The Hall–Kier alpha value is -2.84. The largest absolute Gasteiger partial charge is 0.348 e. The lowest BCUT2D eigenvalue weighted by Gasteiger charge is -2.24. The van der Waals surface area contributed by atoms with Crippen molar-refractivity contribution in [3.8, 4) is 0 Å². The van der Waals surface area contributed by atoms with Gasteiger partial charge in [0.25, 0.3) is 17.4 Å². The highest BCUT2D eigenvalue weighted by Gasteiger charge is 2.29. The fourth-order valence-corrected chi connectivity index (χ4v) is 2.70. The first-order valence-electron chi connectivity index (χ1n) is 8.67. The second-order valence-corrected chi connectivity index (χ2v) is 7.17. The van der Waals surface area contributed by atoms with Crippen LogP contribution in [0.15, 0.2) is 29.1 Å². The van der Waals surface area contributed by atoms with Crippen molar-refractivity contribution in [2.24, 2.45) is 5.92 Å². The predicted octanol–water partition coefficient (Wildman–Crippen LogP) is 3.21. The number of carbonyl (C=O) groups is 1. The molecule has 0 aliphatic carbocycles. The zero-order valence-electron chi connectivity index (χ0n) is 16.3. The number of carbonyl (C=O) groups excluding carboxylic acids is 1. The summed E-state index contributed by atoms with van der Waals surface area (Å²) in [7, 11) is 3.31. The molecule has 0 saturated heterocycles. The molecule has 0 aliphatic heterocycles. The van der Waals surface area contributed by atoms with Gasteiger partial charge in [-0.2, -0.15) is 0 Å². The van der Waals surface area contributed by atoms with Gasteiger partial charge in [0.15, 0.2) is 0 Å². The van der Waals surface area contributed by atoms with E-state index in [1.807, 2.05) is 0 Å². The van der Waals surface area contributed by atoms with E-state index in [9.17, 15) is 22.8 Å². The van der Waals surface area contributed by atoms with E-state index >= 15 is 0 Å².